The molecule has 1 saturated heterocycles. The van der Waals surface area contributed by atoms with Gasteiger partial charge in [0, 0.05) is 19.2 Å². The van der Waals surface area contributed by atoms with Crippen LogP contribution in [0.1, 0.15) is 19.3 Å². The highest BCUT2D eigenvalue weighted by molar-refractivity contribution is 4.87. The Morgan fingerprint density at radius 3 is 3.17 bits per heavy atom. The number of ether oxygens (including phenoxy) is 1. The van der Waals surface area contributed by atoms with Crippen molar-refractivity contribution in [3.8, 4) is 0 Å². The predicted molar refractivity (Wildman–Crippen MR) is 46.0 cm³/mol. The van der Waals surface area contributed by atoms with E-state index in [1.54, 1.807) is 0 Å². The van der Waals surface area contributed by atoms with Gasteiger partial charge in [-0.15, -0.1) is 0 Å². The van der Waals surface area contributed by atoms with Gasteiger partial charge in [0.25, 0.3) is 0 Å². The first-order valence-corrected chi connectivity index (χ1v) is 4.86. The molecule has 0 aromatic heterocycles. The molecule has 70 valence electrons. The molecule has 0 aromatic rings. The Hall–Kier alpha value is -0.120. The second kappa shape index (κ2) is 3.73. The van der Waals surface area contributed by atoms with Crippen LogP contribution in [0.4, 0.5) is 0 Å². The van der Waals surface area contributed by atoms with Crippen molar-refractivity contribution in [3.05, 3.63) is 0 Å². The van der Waals surface area contributed by atoms with Crippen molar-refractivity contribution in [1.82, 2.24) is 5.32 Å². The van der Waals surface area contributed by atoms with E-state index in [0.717, 1.165) is 32.4 Å². The maximum Gasteiger partial charge on any atom is 0.0732 e. The van der Waals surface area contributed by atoms with Gasteiger partial charge in [-0.1, -0.05) is 0 Å². The lowest BCUT2D eigenvalue weighted by molar-refractivity contribution is -0.0435. The van der Waals surface area contributed by atoms with Crippen LogP contribution >= 0.6 is 0 Å². The van der Waals surface area contributed by atoms with Crippen LogP contribution in [0.15, 0.2) is 0 Å². The van der Waals surface area contributed by atoms with Crippen LogP contribution in [0.2, 0.25) is 0 Å². The van der Waals surface area contributed by atoms with Gasteiger partial charge in [0.1, 0.15) is 0 Å². The fourth-order valence-electron chi connectivity index (χ4n) is 2.25. The van der Waals surface area contributed by atoms with E-state index in [4.69, 9.17) is 9.84 Å². The monoisotopic (exact) mass is 171 g/mol. The molecule has 0 bridgehead atoms. The summed E-state index contributed by atoms with van der Waals surface area (Å²) < 4.78 is 5.64. The van der Waals surface area contributed by atoms with E-state index in [0.29, 0.717) is 24.7 Å². The van der Waals surface area contributed by atoms with Crippen LogP contribution < -0.4 is 5.32 Å². The van der Waals surface area contributed by atoms with Gasteiger partial charge in [0.15, 0.2) is 0 Å². The quantitative estimate of drug-likeness (QED) is 0.589. The lowest BCUT2D eigenvalue weighted by Gasteiger charge is -2.39. The van der Waals surface area contributed by atoms with E-state index < -0.39 is 0 Å². The molecule has 2 aliphatic rings. The van der Waals surface area contributed by atoms with Crippen molar-refractivity contribution in [2.45, 2.75) is 31.4 Å². The van der Waals surface area contributed by atoms with Gasteiger partial charge < -0.3 is 15.2 Å². The largest absolute Gasteiger partial charge is 0.396 e. The second-order valence-corrected chi connectivity index (χ2v) is 3.83. The fourth-order valence-corrected chi connectivity index (χ4v) is 2.25. The number of aliphatic hydroxyl groups excluding tert-OH is 1. The SMILES string of the molecule is OCC1CCC2NCCOC2C1. The molecule has 12 heavy (non-hydrogen) atoms. The van der Waals surface area contributed by atoms with Crippen molar-refractivity contribution >= 4 is 0 Å². The topological polar surface area (TPSA) is 41.5 Å². The smallest absolute Gasteiger partial charge is 0.0732 e. The van der Waals surface area contributed by atoms with Gasteiger partial charge in [-0.2, -0.15) is 0 Å². The Labute approximate surface area is 73.1 Å². The molecule has 3 nitrogen and oxygen atoms in total. The summed E-state index contributed by atoms with van der Waals surface area (Å²) in [5.74, 6) is 0.478. The number of fused-ring (bicyclic) bond motifs is 1. The molecule has 0 amide bonds. The molecule has 3 unspecified atom stereocenters. The Kier molecular flexibility index (Phi) is 2.63. The molecule has 3 atom stereocenters. The van der Waals surface area contributed by atoms with E-state index in [1.807, 2.05) is 0 Å². The molecular weight excluding hydrogens is 154 g/mol. The number of hydrogen-bond donors (Lipinski definition) is 2. The molecule has 2 rings (SSSR count). The lowest BCUT2D eigenvalue weighted by atomic mass is 9.84. The van der Waals surface area contributed by atoms with Crippen LogP contribution in [0.25, 0.3) is 0 Å². The number of nitrogens with one attached hydrogen (secondary N) is 1. The second-order valence-electron chi connectivity index (χ2n) is 3.83. The first-order valence-electron chi connectivity index (χ1n) is 4.86. The van der Waals surface area contributed by atoms with Gasteiger partial charge >= 0.3 is 0 Å². The molecule has 0 aromatic carbocycles. The van der Waals surface area contributed by atoms with Gasteiger partial charge in [0.05, 0.1) is 12.7 Å². The standard InChI is InChI=1S/C9H17NO2/c11-6-7-1-2-8-9(5-7)12-4-3-10-8/h7-11H,1-6H2. The van der Waals surface area contributed by atoms with E-state index in [-0.39, 0.29) is 0 Å². The van der Waals surface area contributed by atoms with Crippen LogP contribution in [0, 0.1) is 5.92 Å². The average Bonchev–Trinajstić information content (AvgIpc) is 2.17. The molecule has 0 radical (unpaired) electrons. The Balaban J connectivity index is 1.90. The highest BCUT2D eigenvalue weighted by atomic mass is 16.5. The molecule has 1 aliphatic carbocycles. The van der Waals surface area contributed by atoms with E-state index in [2.05, 4.69) is 5.32 Å². The minimum Gasteiger partial charge on any atom is -0.396 e. The number of aliphatic hydroxyl groups is 1. The van der Waals surface area contributed by atoms with Gasteiger partial charge in [-0.05, 0) is 25.2 Å². The van der Waals surface area contributed by atoms with Crippen LogP contribution in [0.5, 0.6) is 0 Å². The number of rotatable bonds is 1. The molecule has 2 fully saturated rings. The molecule has 1 aliphatic heterocycles. The van der Waals surface area contributed by atoms with Crippen LogP contribution in [-0.2, 0) is 4.74 Å². The van der Waals surface area contributed by atoms with E-state index in [1.165, 1.54) is 0 Å². The van der Waals surface area contributed by atoms with Gasteiger partial charge in [-0.3, -0.25) is 0 Å². The third-order valence-electron chi connectivity index (χ3n) is 3.00. The Morgan fingerprint density at radius 2 is 2.33 bits per heavy atom. The normalized spacial score (nSPS) is 42.2. The summed E-state index contributed by atoms with van der Waals surface area (Å²) in [5, 5.41) is 12.5. The molecule has 1 saturated carbocycles. The van der Waals surface area contributed by atoms with Crippen molar-refractivity contribution < 1.29 is 9.84 Å². The molecule has 1 heterocycles. The third-order valence-corrected chi connectivity index (χ3v) is 3.00. The van der Waals surface area contributed by atoms with Crippen molar-refractivity contribution in [2.24, 2.45) is 5.92 Å². The molecular formula is C9H17NO2. The van der Waals surface area contributed by atoms with Crippen LogP contribution in [-0.4, -0.2) is 37.0 Å². The van der Waals surface area contributed by atoms with E-state index >= 15 is 0 Å². The number of morpholine rings is 1. The van der Waals surface area contributed by atoms with Crippen LogP contribution in [0.3, 0.4) is 0 Å². The summed E-state index contributed by atoms with van der Waals surface area (Å²) in [6, 6.07) is 0.557. The summed E-state index contributed by atoms with van der Waals surface area (Å²) in [6.45, 7) is 2.15. The third kappa shape index (κ3) is 1.63. The van der Waals surface area contributed by atoms with Gasteiger partial charge in [-0.25, -0.2) is 0 Å². The Bertz CT molecular complexity index is 151. The van der Waals surface area contributed by atoms with Gasteiger partial charge in [0.2, 0.25) is 0 Å². The first-order chi connectivity index (χ1) is 5.90. The predicted octanol–water partition coefficient (Wildman–Crippen LogP) is 0.136. The summed E-state index contributed by atoms with van der Waals surface area (Å²) >= 11 is 0. The summed E-state index contributed by atoms with van der Waals surface area (Å²) in [5.41, 5.74) is 0. The summed E-state index contributed by atoms with van der Waals surface area (Å²) in [4.78, 5) is 0. The Morgan fingerprint density at radius 1 is 1.42 bits per heavy atom. The molecule has 2 N–H and O–H groups in total. The minimum absolute atomic E-state index is 0.326. The maximum atomic E-state index is 9.01. The zero-order valence-corrected chi connectivity index (χ0v) is 7.33. The van der Waals surface area contributed by atoms with E-state index in [9.17, 15) is 0 Å². The van der Waals surface area contributed by atoms with Crippen molar-refractivity contribution in [3.63, 3.8) is 0 Å². The minimum atomic E-state index is 0.326. The van der Waals surface area contributed by atoms with Crippen molar-refractivity contribution in [2.75, 3.05) is 19.8 Å². The average molecular weight is 171 g/mol. The lowest BCUT2D eigenvalue weighted by Crippen LogP contribution is -2.51. The zero-order valence-electron chi connectivity index (χ0n) is 7.33. The first kappa shape index (κ1) is 8.48. The van der Waals surface area contributed by atoms with Crippen molar-refractivity contribution in [1.29, 1.82) is 0 Å². The molecule has 3 heteroatoms. The summed E-state index contributed by atoms with van der Waals surface area (Å²) in [7, 11) is 0. The zero-order chi connectivity index (χ0) is 8.39. The molecule has 0 spiro atoms. The highest BCUT2D eigenvalue weighted by Crippen LogP contribution is 2.27. The maximum absolute atomic E-state index is 9.01. The highest BCUT2D eigenvalue weighted by Gasteiger charge is 2.32. The fraction of sp³-hybridized carbons (Fsp3) is 1.00. The summed E-state index contributed by atoms with van der Waals surface area (Å²) in [6.07, 6.45) is 3.71. The number of hydrogen-bond acceptors (Lipinski definition) is 3.